The van der Waals surface area contributed by atoms with Crippen LogP contribution in [0.5, 0.6) is 5.75 Å². The fourth-order valence-electron chi connectivity index (χ4n) is 2.69. The predicted molar refractivity (Wildman–Crippen MR) is 82.7 cm³/mol. The van der Waals surface area contributed by atoms with Crippen molar-refractivity contribution < 1.29 is 17.9 Å². The normalized spacial score (nSPS) is 17.6. The van der Waals surface area contributed by atoms with Crippen molar-refractivity contribution in [2.24, 2.45) is 0 Å². The van der Waals surface area contributed by atoms with Crippen LogP contribution in [0.4, 0.5) is 13.2 Å². The van der Waals surface area contributed by atoms with Gasteiger partial charge >= 0.3 is 6.18 Å². The van der Waals surface area contributed by atoms with Crippen LogP contribution in [0.25, 0.3) is 0 Å². The van der Waals surface area contributed by atoms with Crippen LogP contribution >= 0.6 is 12.4 Å². The molecule has 1 heterocycles. The summed E-state index contributed by atoms with van der Waals surface area (Å²) in [6.45, 7) is 4.93. The van der Waals surface area contributed by atoms with Crippen molar-refractivity contribution in [3.63, 3.8) is 0 Å². The second-order valence-corrected chi connectivity index (χ2v) is 5.09. The van der Waals surface area contributed by atoms with E-state index in [9.17, 15) is 13.2 Å². The lowest BCUT2D eigenvalue weighted by molar-refractivity contribution is -0.148. The molecule has 1 aliphatic heterocycles. The Morgan fingerprint density at radius 2 is 1.86 bits per heavy atom. The Morgan fingerprint density at radius 1 is 1.23 bits per heavy atom. The van der Waals surface area contributed by atoms with Crippen molar-refractivity contribution in [3.8, 4) is 5.75 Å². The second-order valence-electron chi connectivity index (χ2n) is 5.09. The topological polar surface area (TPSA) is 24.5 Å². The number of nitrogens with zero attached hydrogens (tertiary/aromatic N) is 1. The molecule has 7 heteroatoms. The standard InChI is InChI=1S/C15H21F3N2O.ClH/c1-2-21-14-6-4-3-5-12(14)13(11-15(16,17)18)20-9-7-19-8-10-20;/h3-6,13,19H,2,7-11H2,1H3;1H/t13-;/m1./s1. The molecule has 1 aromatic carbocycles. The van der Waals surface area contributed by atoms with Gasteiger partial charge in [-0.15, -0.1) is 12.4 Å². The maximum atomic E-state index is 13.0. The lowest BCUT2D eigenvalue weighted by atomic mass is 9.99. The molecule has 0 aromatic heterocycles. The van der Waals surface area contributed by atoms with Crippen molar-refractivity contribution >= 4 is 12.4 Å². The van der Waals surface area contributed by atoms with Gasteiger partial charge in [-0.05, 0) is 13.0 Å². The van der Waals surface area contributed by atoms with Gasteiger partial charge in [0.1, 0.15) is 5.75 Å². The molecule has 3 nitrogen and oxygen atoms in total. The Bertz CT molecular complexity index is 451. The average molecular weight is 339 g/mol. The second kappa shape index (κ2) is 8.60. The van der Waals surface area contributed by atoms with Gasteiger partial charge in [-0.25, -0.2) is 0 Å². The first-order valence-electron chi connectivity index (χ1n) is 7.24. The van der Waals surface area contributed by atoms with E-state index in [1.54, 1.807) is 24.3 Å². The van der Waals surface area contributed by atoms with Crippen LogP contribution in [0, 0.1) is 0 Å². The summed E-state index contributed by atoms with van der Waals surface area (Å²) >= 11 is 0. The monoisotopic (exact) mass is 338 g/mol. The third kappa shape index (κ3) is 5.34. The first kappa shape index (κ1) is 19.1. The van der Waals surface area contributed by atoms with Gasteiger partial charge in [0.2, 0.25) is 0 Å². The lowest BCUT2D eigenvalue weighted by Gasteiger charge is -2.36. The van der Waals surface area contributed by atoms with E-state index in [-0.39, 0.29) is 12.4 Å². The highest BCUT2D eigenvalue weighted by Crippen LogP contribution is 2.37. The van der Waals surface area contributed by atoms with Gasteiger partial charge in [0.25, 0.3) is 0 Å². The summed E-state index contributed by atoms with van der Waals surface area (Å²) in [7, 11) is 0. The third-order valence-electron chi connectivity index (χ3n) is 3.60. The highest BCUT2D eigenvalue weighted by atomic mass is 35.5. The van der Waals surface area contributed by atoms with Crippen LogP contribution in [0.3, 0.4) is 0 Å². The van der Waals surface area contributed by atoms with Crippen LogP contribution in [-0.2, 0) is 0 Å². The number of nitrogens with one attached hydrogen (secondary N) is 1. The van der Waals surface area contributed by atoms with E-state index in [2.05, 4.69) is 5.32 Å². The molecule has 1 N–H and O–H groups in total. The number of hydrogen-bond donors (Lipinski definition) is 1. The summed E-state index contributed by atoms with van der Waals surface area (Å²) in [5.74, 6) is 0.549. The lowest BCUT2D eigenvalue weighted by Crippen LogP contribution is -2.46. The zero-order chi connectivity index (χ0) is 15.3. The minimum atomic E-state index is -4.20. The van der Waals surface area contributed by atoms with Gasteiger partial charge in [-0.2, -0.15) is 13.2 Å². The van der Waals surface area contributed by atoms with Gasteiger partial charge in [0.05, 0.1) is 13.0 Å². The van der Waals surface area contributed by atoms with E-state index in [0.717, 1.165) is 0 Å². The van der Waals surface area contributed by atoms with Crippen molar-refractivity contribution in [3.05, 3.63) is 29.8 Å². The SMILES string of the molecule is CCOc1ccccc1[C@@H](CC(F)(F)F)N1CCNCC1.Cl. The first-order chi connectivity index (χ1) is 10.0. The number of para-hydroxylation sites is 1. The Labute approximate surface area is 135 Å². The van der Waals surface area contributed by atoms with Crippen LogP contribution < -0.4 is 10.1 Å². The van der Waals surface area contributed by atoms with Gasteiger partial charge in [-0.3, -0.25) is 4.90 Å². The average Bonchev–Trinajstić information content (AvgIpc) is 2.46. The van der Waals surface area contributed by atoms with Gasteiger partial charge in [0.15, 0.2) is 0 Å². The Balaban J connectivity index is 0.00000242. The molecule has 0 spiro atoms. The van der Waals surface area contributed by atoms with Crippen LogP contribution in [0.2, 0.25) is 0 Å². The summed E-state index contributed by atoms with van der Waals surface area (Å²) in [4.78, 5) is 1.89. The summed E-state index contributed by atoms with van der Waals surface area (Å²) in [6.07, 6.45) is -5.05. The molecule has 0 aliphatic carbocycles. The van der Waals surface area contributed by atoms with Gasteiger partial charge < -0.3 is 10.1 Å². The number of alkyl halides is 3. The summed E-state index contributed by atoms with van der Waals surface area (Å²) in [5.41, 5.74) is 0.624. The van der Waals surface area contributed by atoms with E-state index in [0.29, 0.717) is 44.1 Å². The number of halogens is 4. The van der Waals surface area contributed by atoms with E-state index in [1.807, 2.05) is 11.8 Å². The van der Waals surface area contributed by atoms with Gasteiger partial charge in [0, 0.05) is 37.8 Å². The van der Waals surface area contributed by atoms with Crippen molar-refractivity contribution in [2.45, 2.75) is 25.6 Å². The largest absolute Gasteiger partial charge is 0.494 e. The van der Waals surface area contributed by atoms with E-state index < -0.39 is 18.6 Å². The smallest absolute Gasteiger partial charge is 0.390 e. The molecule has 126 valence electrons. The molecule has 1 aliphatic rings. The number of piperazine rings is 1. The van der Waals surface area contributed by atoms with E-state index in [1.165, 1.54) is 0 Å². The highest BCUT2D eigenvalue weighted by molar-refractivity contribution is 5.85. The molecular formula is C15H22ClF3N2O. The molecule has 0 amide bonds. The minimum absolute atomic E-state index is 0. The Kier molecular flexibility index (Phi) is 7.45. The predicted octanol–water partition coefficient (Wildman–Crippen LogP) is 3.41. The summed E-state index contributed by atoms with van der Waals surface area (Å²) < 4.78 is 44.5. The van der Waals surface area contributed by atoms with Crippen LogP contribution in [0.1, 0.15) is 24.9 Å². The molecule has 1 aromatic rings. The maximum absolute atomic E-state index is 13.0. The molecule has 0 radical (unpaired) electrons. The van der Waals surface area contributed by atoms with E-state index >= 15 is 0 Å². The van der Waals surface area contributed by atoms with Crippen molar-refractivity contribution in [2.75, 3.05) is 32.8 Å². The van der Waals surface area contributed by atoms with Gasteiger partial charge in [-0.1, -0.05) is 18.2 Å². The fraction of sp³-hybridized carbons (Fsp3) is 0.600. The van der Waals surface area contributed by atoms with Crippen LogP contribution in [0.15, 0.2) is 24.3 Å². The highest BCUT2D eigenvalue weighted by Gasteiger charge is 2.37. The molecule has 22 heavy (non-hydrogen) atoms. The summed E-state index contributed by atoms with van der Waals surface area (Å²) in [6, 6.07) is 6.35. The van der Waals surface area contributed by atoms with Crippen molar-refractivity contribution in [1.29, 1.82) is 0 Å². The molecule has 1 fully saturated rings. The third-order valence-corrected chi connectivity index (χ3v) is 3.60. The zero-order valence-electron chi connectivity index (χ0n) is 12.5. The molecular weight excluding hydrogens is 317 g/mol. The summed E-state index contributed by atoms with van der Waals surface area (Å²) in [5, 5.41) is 3.17. The van der Waals surface area contributed by atoms with E-state index in [4.69, 9.17) is 4.74 Å². The number of ether oxygens (including phenoxy) is 1. The maximum Gasteiger partial charge on any atom is 0.390 e. The zero-order valence-corrected chi connectivity index (χ0v) is 13.3. The Hall–Kier alpha value is -0.980. The van der Waals surface area contributed by atoms with Crippen molar-refractivity contribution in [1.82, 2.24) is 10.2 Å². The molecule has 0 unspecified atom stereocenters. The fourth-order valence-corrected chi connectivity index (χ4v) is 2.69. The number of hydrogen-bond acceptors (Lipinski definition) is 3. The molecule has 0 saturated carbocycles. The van der Waals surface area contributed by atoms with Crippen LogP contribution in [-0.4, -0.2) is 43.9 Å². The minimum Gasteiger partial charge on any atom is -0.494 e. The molecule has 1 saturated heterocycles. The number of rotatable bonds is 5. The molecule has 2 rings (SSSR count). The first-order valence-corrected chi connectivity index (χ1v) is 7.24. The quantitative estimate of drug-likeness (QED) is 0.890. The Morgan fingerprint density at radius 3 is 2.45 bits per heavy atom. The number of benzene rings is 1. The molecule has 1 atom stereocenters. The molecule has 0 bridgehead atoms.